The van der Waals surface area contributed by atoms with E-state index in [1.54, 1.807) is 54.6 Å². The summed E-state index contributed by atoms with van der Waals surface area (Å²) in [7, 11) is 1.18. The molecule has 2 fully saturated rings. The lowest BCUT2D eigenvalue weighted by molar-refractivity contribution is -0.219. The average molecular weight is 721 g/mol. The highest BCUT2D eigenvalue weighted by atomic mass is 35.6. The topological polar surface area (TPSA) is 145 Å². The predicted octanol–water partition coefficient (Wildman–Crippen LogP) is 4.88. The van der Waals surface area contributed by atoms with E-state index in [0.717, 1.165) is 18.7 Å². The fourth-order valence-electron chi connectivity index (χ4n) is 5.04. The third-order valence-electron chi connectivity index (χ3n) is 6.82. The third kappa shape index (κ3) is 9.63. The van der Waals surface area contributed by atoms with Crippen molar-refractivity contribution in [1.82, 2.24) is 5.32 Å². The van der Waals surface area contributed by atoms with Crippen molar-refractivity contribution < 1.29 is 52.3 Å². The molecule has 46 heavy (non-hydrogen) atoms. The number of halogens is 3. The maximum absolute atomic E-state index is 13.6. The molecule has 2 heterocycles. The highest BCUT2D eigenvalue weighted by Crippen LogP contribution is 2.46. The Kier molecular flexibility index (Phi) is 12.4. The van der Waals surface area contributed by atoms with Crippen molar-refractivity contribution in [3.63, 3.8) is 0 Å². The Morgan fingerprint density at radius 2 is 1.67 bits per heavy atom. The second-order valence-electron chi connectivity index (χ2n) is 10.3. The first-order valence-electron chi connectivity index (χ1n) is 14.0. The van der Waals surface area contributed by atoms with Crippen LogP contribution >= 0.6 is 46.6 Å². The number of hydrogen-bond acceptors (Lipinski definition) is 12. The molecule has 1 unspecified atom stereocenters. The number of amides is 1. The van der Waals surface area contributed by atoms with Crippen LogP contribution in [0.15, 0.2) is 65.6 Å². The van der Waals surface area contributed by atoms with E-state index < -0.39 is 76.1 Å². The van der Waals surface area contributed by atoms with E-state index in [0.29, 0.717) is 10.5 Å². The Morgan fingerprint density at radius 1 is 1.02 bits per heavy atom. The van der Waals surface area contributed by atoms with Gasteiger partial charge in [0.15, 0.2) is 12.4 Å². The normalized spacial score (nSPS) is 26.8. The van der Waals surface area contributed by atoms with Crippen LogP contribution in [0.1, 0.15) is 32.1 Å². The number of thioether (sulfide) groups is 1. The third-order valence-corrected chi connectivity index (χ3v) is 8.41. The van der Waals surface area contributed by atoms with Crippen LogP contribution in [0.2, 0.25) is 0 Å². The van der Waals surface area contributed by atoms with Crippen molar-refractivity contribution in [2.24, 2.45) is 0 Å². The molecule has 2 aliphatic rings. The van der Waals surface area contributed by atoms with Crippen LogP contribution < -0.4 is 5.32 Å². The largest absolute Gasteiger partial charge is 0.466 e. The molecule has 12 nitrogen and oxygen atoms in total. The number of esters is 3. The van der Waals surface area contributed by atoms with Crippen molar-refractivity contribution in [2.75, 3.05) is 20.3 Å². The molecular formula is C30H32Cl3NO11S. The highest BCUT2D eigenvalue weighted by Gasteiger charge is 2.59. The monoisotopic (exact) mass is 719 g/mol. The van der Waals surface area contributed by atoms with Crippen molar-refractivity contribution in [1.29, 1.82) is 0 Å². The summed E-state index contributed by atoms with van der Waals surface area (Å²) in [5.41, 5.74) is 0.697. The number of hydrogen-bond donors (Lipinski definition) is 1. The summed E-state index contributed by atoms with van der Waals surface area (Å²) in [6.07, 6.45) is -7.18. The minimum Gasteiger partial charge on any atom is -0.466 e. The van der Waals surface area contributed by atoms with Crippen molar-refractivity contribution in [3.05, 3.63) is 66.2 Å². The van der Waals surface area contributed by atoms with E-state index in [2.05, 4.69) is 5.32 Å². The maximum Gasteiger partial charge on any atom is 0.407 e. The van der Waals surface area contributed by atoms with Crippen LogP contribution in [0.5, 0.6) is 0 Å². The molecule has 2 saturated heterocycles. The van der Waals surface area contributed by atoms with Gasteiger partial charge in [-0.2, -0.15) is 0 Å². The Balaban J connectivity index is 1.78. The Hall–Kier alpha value is -2.78. The molecule has 7 atom stereocenters. The number of methoxy groups -OCH3 is 1. The number of carbonyl (C=O) groups excluding carboxylic acids is 4. The number of alkyl halides is 3. The second-order valence-corrected chi connectivity index (χ2v) is 14.1. The highest BCUT2D eigenvalue weighted by molar-refractivity contribution is 8.01. The van der Waals surface area contributed by atoms with E-state index in [-0.39, 0.29) is 13.0 Å². The summed E-state index contributed by atoms with van der Waals surface area (Å²) in [6.45, 7) is 1.64. The minimum absolute atomic E-state index is 0.0723. The van der Waals surface area contributed by atoms with E-state index in [9.17, 15) is 19.2 Å². The average Bonchev–Trinajstić information content (AvgIpc) is 3.50. The number of ether oxygens (including phenoxy) is 7. The van der Waals surface area contributed by atoms with Crippen LogP contribution in [0.25, 0.3) is 0 Å². The Labute approximate surface area is 284 Å². The zero-order valence-corrected chi connectivity index (χ0v) is 28.0. The quantitative estimate of drug-likeness (QED) is 0.203. The molecule has 0 radical (unpaired) electrons. The molecule has 0 spiro atoms. The lowest BCUT2D eigenvalue weighted by Crippen LogP contribution is -2.67. The fraction of sp³-hybridized carbons (Fsp3) is 0.467. The van der Waals surface area contributed by atoms with E-state index in [1.807, 2.05) is 6.07 Å². The summed E-state index contributed by atoms with van der Waals surface area (Å²) in [5, 5.41) is 2.59. The van der Waals surface area contributed by atoms with E-state index in [1.165, 1.54) is 14.0 Å². The molecule has 250 valence electrons. The number of carbonyl (C=O) groups is 4. The molecular weight excluding hydrogens is 689 g/mol. The zero-order chi connectivity index (χ0) is 33.5. The standard InChI is InChI=1S/C30H32Cl3NO11S/c1-17(35)42-21-14-29(27(37)39-3,46-20-12-8-5-9-13-20)45-25(23(21)34-28(38)41-16-30(31,32)33)24(43-18(2)36)22-15-40-26(44-22)19-10-6-4-7-11-19/h4-13,21-26H,14-16H2,1-3H3,(H,34,38)/t21-,22+,23+,24+,25+,26?,29-/m0/s1. The summed E-state index contributed by atoms with van der Waals surface area (Å²) >= 11 is 18.3. The van der Waals surface area contributed by atoms with Gasteiger partial charge in [-0.3, -0.25) is 9.59 Å². The van der Waals surface area contributed by atoms with E-state index in [4.69, 9.17) is 68.0 Å². The van der Waals surface area contributed by atoms with Crippen molar-refractivity contribution in [2.45, 2.75) is 70.6 Å². The first kappa shape index (κ1) is 36.1. The van der Waals surface area contributed by atoms with Crippen LogP contribution in [0.4, 0.5) is 4.79 Å². The van der Waals surface area contributed by atoms with Crippen LogP contribution in [-0.4, -0.2) is 83.5 Å². The molecule has 1 amide bonds. The van der Waals surface area contributed by atoms with Gasteiger partial charge in [0.1, 0.15) is 24.9 Å². The first-order valence-corrected chi connectivity index (χ1v) is 15.9. The zero-order valence-electron chi connectivity index (χ0n) is 24.9. The smallest absolute Gasteiger partial charge is 0.407 e. The van der Waals surface area contributed by atoms with Crippen LogP contribution in [0.3, 0.4) is 0 Å². The van der Waals surface area contributed by atoms with Gasteiger partial charge in [-0.15, -0.1) is 0 Å². The predicted molar refractivity (Wildman–Crippen MR) is 166 cm³/mol. The van der Waals surface area contributed by atoms with E-state index >= 15 is 0 Å². The Morgan fingerprint density at radius 3 is 2.26 bits per heavy atom. The van der Waals surface area contributed by atoms with Gasteiger partial charge in [-0.05, 0) is 12.1 Å². The van der Waals surface area contributed by atoms with Crippen molar-refractivity contribution in [3.8, 4) is 0 Å². The lowest BCUT2D eigenvalue weighted by Gasteiger charge is -2.48. The van der Waals surface area contributed by atoms with Gasteiger partial charge >= 0.3 is 24.0 Å². The first-order chi connectivity index (χ1) is 21.8. The van der Waals surface area contributed by atoms with Gasteiger partial charge in [-0.1, -0.05) is 95.1 Å². The molecule has 0 aliphatic carbocycles. The molecule has 2 aliphatic heterocycles. The number of nitrogens with one attached hydrogen (secondary N) is 1. The SMILES string of the molecule is COC(=O)[C@@]1(Sc2ccccc2)C[C@H](OC(C)=O)[C@@H](NC(=O)OCC(Cl)(Cl)Cl)[C@H]([C@H](OC(C)=O)[C@H]2COC(c3ccccc3)O2)O1. The summed E-state index contributed by atoms with van der Waals surface area (Å²) in [6, 6.07) is 16.6. The van der Waals surface area contributed by atoms with Gasteiger partial charge in [0.05, 0.1) is 19.8 Å². The van der Waals surface area contributed by atoms with Gasteiger partial charge < -0.3 is 38.5 Å². The lowest BCUT2D eigenvalue weighted by atomic mass is 9.89. The van der Waals surface area contributed by atoms with Crippen LogP contribution in [-0.2, 0) is 47.5 Å². The van der Waals surface area contributed by atoms with Gasteiger partial charge in [-0.25, -0.2) is 9.59 Å². The summed E-state index contributed by atoms with van der Waals surface area (Å²) < 4.78 is 38.4. The molecule has 1 N–H and O–H groups in total. The number of rotatable bonds is 10. The summed E-state index contributed by atoms with van der Waals surface area (Å²) in [4.78, 5) is 50.3. The molecule has 0 bridgehead atoms. The molecule has 0 saturated carbocycles. The van der Waals surface area contributed by atoms with Crippen molar-refractivity contribution >= 4 is 70.6 Å². The number of alkyl carbamates (subject to hydrolysis) is 1. The molecule has 4 rings (SSSR count). The van der Waals surface area contributed by atoms with Gasteiger partial charge in [0.2, 0.25) is 8.73 Å². The van der Waals surface area contributed by atoms with Crippen LogP contribution in [0, 0.1) is 0 Å². The molecule has 2 aromatic rings. The molecule has 0 aromatic heterocycles. The molecule has 16 heteroatoms. The minimum atomic E-state index is -1.93. The summed E-state index contributed by atoms with van der Waals surface area (Å²) in [5.74, 6) is -2.29. The van der Waals surface area contributed by atoms with Gasteiger partial charge in [0, 0.05) is 30.7 Å². The van der Waals surface area contributed by atoms with Gasteiger partial charge in [0.25, 0.3) is 0 Å². The molecule has 2 aromatic carbocycles. The Bertz CT molecular complexity index is 1370. The maximum atomic E-state index is 13.6. The number of benzene rings is 2. The fourth-order valence-corrected chi connectivity index (χ4v) is 6.45. The second kappa shape index (κ2) is 15.9.